The van der Waals surface area contributed by atoms with Gasteiger partial charge in [-0.1, -0.05) is 20.3 Å². The minimum atomic E-state index is -0.353. The molecule has 102 valence electrons. The third-order valence-corrected chi connectivity index (χ3v) is 2.81. The Kier molecular flexibility index (Phi) is 4.09. The molecular formula is C13H18N4O2. The SMILES string of the molecule is CCCc1c(C(=O)OCC)cnc2nc(CC)nn12. The van der Waals surface area contributed by atoms with Crippen molar-refractivity contribution in [3.05, 3.63) is 23.3 Å². The van der Waals surface area contributed by atoms with Gasteiger partial charge in [0.1, 0.15) is 0 Å². The Balaban J connectivity index is 2.57. The van der Waals surface area contributed by atoms with Gasteiger partial charge in [0.25, 0.3) is 5.78 Å². The Morgan fingerprint density at radius 3 is 2.79 bits per heavy atom. The highest BCUT2D eigenvalue weighted by molar-refractivity contribution is 5.90. The topological polar surface area (TPSA) is 69.4 Å². The molecule has 0 aliphatic heterocycles. The molecule has 2 aromatic rings. The number of fused-ring (bicyclic) bond motifs is 1. The van der Waals surface area contributed by atoms with Gasteiger partial charge in [-0.2, -0.15) is 4.98 Å². The predicted molar refractivity (Wildman–Crippen MR) is 70.1 cm³/mol. The molecule has 0 atom stereocenters. The first-order valence-corrected chi connectivity index (χ1v) is 6.61. The molecule has 0 bridgehead atoms. The molecule has 2 rings (SSSR count). The monoisotopic (exact) mass is 262 g/mol. The highest BCUT2D eigenvalue weighted by Gasteiger charge is 2.18. The van der Waals surface area contributed by atoms with Crippen LogP contribution in [-0.4, -0.2) is 32.2 Å². The summed E-state index contributed by atoms with van der Waals surface area (Å²) in [5.74, 6) is 0.910. The molecule has 0 saturated heterocycles. The lowest BCUT2D eigenvalue weighted by Gasteiger charge is -2.08. The maximum Gasteiger partial charge on any atom is 0.341 e. The lowest BCUT2D eigenvalue weighted by Crippen LogP contribution is -2.13. The quantitative estimate of drug-likeness (QED) is 0.769. The van der Waals surface area contributed by atoms with E-state index in [-0.39, 0.29) is 5.97 Å². The molecule has 19 heavy (non-hydrogen) atoms. The zero-order valence-corrected chi connectivity index (χ0v) is 11.5. The van der Waals surface area contributed by atoms with Crippen LogP contribution in [0.15, 0.2) is 6.20 Å². The first-order chi connectivity index (χ1) is 9.21. The second-order valence-corrected chi connectivity index (χ2v) is 4.18. The fourth-order valence-corrected chi connectivity index (χ4v) is 1.93. The summed E-state index contributed by atoms with van der Waals surface area (Å²) >= 11 is 0. The number of hydrogen-bond donors (Lipinski definition) is 0. The molecule has 0 N–H and O–H groups in total. The molecule has 0 aromatic carbocycles. The summed E-state index contributed by atoms with van der Waals surface area (Å²) in [4.78, 5) is 20.4. The normalized spacial score (nSPS) is 10.9. The van der Waals surface area contributed by atoms with E-state index in [1.165, 1.54) is 6.20 Å². The maximum absolute atomic E-state index is 11.9. The van der Waals surface area contributed by atoms with Crippen LogP contribution in [0.25, 0.3) is 5.78 Å². The highest BCUT2D eigenvalue weighted by atomic mass is 16.5. The van der Waals surface area contributed by atoms with Crippen LogP contribution in [0.5, 0.6) is 0 Å². The van der Waals surface area contributed by atoms with Gasteiger partial charge >= 0.3 is 5.97 Å². The van der Waals surface area contributed by atoms with Crippen molar-refractivity contribution < 1.29 is 9.53 Å². The number of rotatable bonds is 5. The third-order valence-electron chi connectivity index (χ3n) is 2.81. The van der Waals surface area contributed by atoms with Crippen LogP contribution < -0.4 is 0 Å². The standard InChI is InChI=1S/C13H18N4O2/c1-4-7-10-9(12(18)19-6-3)8-14-13-15-11(5-2)16-17(10)13/h8H,4-7H2,1-3H3. The maximum atomic E-state index is 11.9. The second kappa shape index (κ2) is 5.77. The van der Waals surface area contributed by atoms with Gasteiger partial charge in [0.15, 0.2) is 5.82 Å². The van der Waals surface area contributed by atoms with Crippen molar-refractivity contribution in [2.24, 2.45) is 0 Å². The molecule has 2 heterocycles. The van der Waals surface area contributed by atoms with Crippen molar-refractivity contribution in [1.82, 2.24) is 19.6 Å². The number of aromatic nitrogens is 4. The Hall–Kier alpha value is -1.98. The summed E-state index contributed by atoms with van der Waals surface area (Å²) in [6.07, 6.45) is 3.92. The van der Waals surface area contributed by atoms with E-state index in [0.717, 1.165) is 30.8 Å². The van der Waals surface area contributed by atoms with E-state index < -0.39 is 0 Å². The third kappa shape index (κ3) is 2.57. The van der Waals surface area contributed by atoms with Crippen LogP contribution >= 0.6 is 0 Å². The van der Waals surface area contributed by atoms with E-state index >= 15 is 0 Å². The Morgan fingerprint density at radius 2 is 2.16 bits per heavy atom. The van der Waals surface area contributed by atoms with Gasteiger partial charge in [-0.25, -0.2) is 14.3 Å². The zero-order chi connectivity index (χ0) is 13.8. The molecule has 0 radical (unpaired) electrons. The molecule has 0 unspecified atom stereocenters. The molecule has 0 aliphatic carbocycles. The fourth-order valence-electron chi connectivity index (χ4n) is 1.93. The Morgan fingerprint density at radius 1 is 1.37 bits per heavy atom. The van der Waals surface area contributed by atoms with E-state index in [0.29, 0.717) is 17.9 Å². The number of aryl methyl sites for hydroxylation is 2. The summed E-state index contributed by atoms with van der Waals surface area (Å²) < 4.78 is 6.72. The van der Waals surface area contributed by atoms with Crippen molar-refractivity contribution in [2.75, 3.05) is 6.61 Å². The smallest absolute Gasteiger partial charge is 0.341 e. The molecule has 6 nitrogen and oxygen atoms in total. The summed E-state index contributed by atoms with van der Waals surface area (Å²) in [5.41, 5.74) is 1.29. The van der Waals surface area contributed by atoms with Crippen LogP contribution in [0.4, 0.5) is 0 Å². The van der Waals surface area contributed by atoms with E-state index in [9.17, 15) is 4.79 Å². The molecule has 0 spiro atoms. The summed E-state index contributed by atoms with van der Waals surface area (Å²) in [6.45, 7) is 6.17. The number of carbonyl (C=O) groups is 1. The number of esters is 1. The summed E-state index contributed by atoms with van der Waals surface area (Å²) in [5, 5.41) is 4.39. The van der Waals surface area contributed by atoms with Gasteiger partial charge < -0.3 is 4.74 Å². The molecule has 0 fully saturated rings. The van der Waals surface area contributed by atoms with Crippen molar-refractivity contribution in [3.63, 3.8) is 0 Å². The minimum absolute atomic E-state index is 0.347. The molecule has 0 aliphatic rings. The first-order valence-electron chi connectivity index (χ1n) is 6.61. The van der Waals surface area contributed by atoms with Crippen molar-refractivity contribution >= 4 is 11.7 Å². The van der Waals surface area contributed by atoms with Gasteiger partial charge in [0.2, 0.25) is 0 Å². The van der Waals surface area contributed by atoms with Gasteiger partial charge in [-0.05, 0) is 13.3 Å². The molecule has 2 aromatic heterocycles. The minimum Gasteiger partial charge on any atom is -0.462 e. The first kappa shape index (κ1) is 13.5. The largest absolute Gasteiger partial charge is 0.462 e. The van der Waals surface area contributed by atoms with E-state index in [2.05, 4.69) is 22.0 Å². The number of ether oxygens (including phenoxy) is 1. The lowest BCUT2D eigenvalue weighted by molar-refractivity contribution is 0.0523. The second-order valence-electron chi connectivity index (χ2n) is 4.18. The van der Waals surface area contributed by atoms with Crippen molar-refractivity contribution in [3.8, 4) is 0 Å². The number of nitrogens with zero attached hydrogens (tertiary/aromatic N) is 4. The van der Waals surface area contributed by atoms with Crippen molar-refractivity contribution in [2.45, 2.75) is 40.0 Å². The van der Waals surface area contributed by atoms with Crippen molar-refractivity contribution in [1.29, 1.82) is 0 Å². The zero-order valence-electron chi connectivity index (χ0n) is 11.5. The van der Waals surface area contributed by atoms with E-state index in [4.69, 9.17) is 4.74 Å². The number of carbonyl (C=O) groups excluding carboxylic acids is 1. The van der Waals surface area contributed by atoms with Gasteiger partial charge in [-0.15, -0.1) is 5.10 Å². The van der Waals surface area contributed by atoms with Gasteiger partial charge in [-0.3, -0.25) is 0 Å². The van der Waals surface area contributed by atoms with E-state index in [1.807, 2.05) is 6.92 Å². The summed E-state index contributed by atoms with van der Waals surface area (Å²) in [6, 6.07) is 0. The average Bonchev–Trinajstić information content (AvgIpc) is 2.83. The average molecular weight is 262 g/mol. The van der Waals surface area contributed by atoms with E-state index in [1.54, 1.807) is 11.4 Å². The van der Waals surface area contributed by atoms with Crippen LogP contribution in [0.1, 0.15) is 49.1 Å². The fraction of sp³-hybridized carbons (Fsp3) is 0.538. The summed E-state index contributed by atoms with van der Waals surface area (Å²) in [7, 11) is 0. The molecular weight excluding hydrogens is 244 g/mol. The van der Waals surface area contributed by atoms with Crippen LogP contribution in [0, 0.1) is 0 Å². The van der Waals surface area contributed by atoms with Gasteiger partial charge in [0, 0.05) is 12.6 Å². The molecule has 6 heteroatoms. The molecule has 0 amide bonds. The Labute approximate surface area is 111 Å². The highest BCUT2D eigenvalue weighted by Crippen LogP contribution is 2.13. The number of hydrogen-bond acceptors (Lipinski definition) is 5. The van der Waals surface area contributed by atoms with Crippen LogP contribution in [-0.2, 0) is 17.6 Å². The van der Waals surface area contributed by atoms with Crippen LogP contribution in [0.2, 0.25) is 0 Å². The van der Waals surface area contributed by atoms with Crippen LogP contribution in [0.3, 0.4) is 0 Å². The molecule has 0 saturated carbocycles. The van der Waals surface area contributed by atoms with Gasteiger partial charge in [0.05, 0.1) is 17.9 Å². The Bertz CT molecular complexity index is 592. The predicted octanol–water partition coefficient (Wildman–Crippen LogP) is 1.82. The lowest BCUT2D eigenvalue weighted by atomic mass is 10.1.